The zero-order valence-corrected chi connectivity index (χ0v) is 13.5. The molecule has 122 valence electrons. The van der Waals surface area contributed by atoms with Crippen LogP contribution in [0.4, 0.5) is 0 Å². The van der Waals surface area contributed by atoms with Gasteiger partial charge < -0.3 is 10.4 Å². The average Bonchev–Trinajstić information content (AvgIpc) is 3.20. The fourth-order valence-electron chi connectivity index (χ4n) is 3.77. The van der Waals surface area contributed by atoms with Crippen LogP contribution in [0.3, 0.4) is 0 Å². The Morgan fingerprint density at radius 3 is 2.77 bits per heavy atom. The van der Waals surface area contributed by atoms with E-state index in [0.717, 1.165) is 38.2 Å². The highest BCUT2D eigenvalue weighted by Crippen LogP contribution is 2.27. The minimum absolute atomic E-state index is 0.162. The lowest BCUT2D eigenvalue weighted by Gasteiger charge is -2.28. The maximum absolute atomic E-state index is 12.3. The Morgan fingerprint density at radius 1 is 1.41 bits per heavy atom. The average molecular weight is 306 g/mol. The third kappa shape index (κ3) is 2.90. The second kappa shape index (κ2) is 6.38. The maximum Gasteiger partial charge on any atom is 0.272 e. The molecule has 2 aliphatic rings. The lowest BCUT2D eigenvalue weighted by atomic mass is 10.1. The fourth-order valence-corrected chi connectivity index (χ4v) is 3.77. The summed E-state index contributed by atoms with van der Waals surface area (Å²) in [4.78, 5) is 14.7. The van der Waals surface area contributed by atoms with E-state index in [2.05, 4.69) is 15.3 Å². The Morgan fingerprint density at radius 2 is 2.14 bits per heavy atom. The molecule has 2 fully saturated rings. The topological polar surface area (TPSA) is 70.4 Å². The molecular formula is C16H26N4O2. The molecule has 0 bridgehead atoms. The normalized spacial score (nSPS) is 29.1. The van der Waals surface area contributed by atoms with Crippen LogP contribution in [-0.2, 0) is 6.54 Å². The van der Waals surface area contributed by atoms with E-state index in [0.29, 0.717) is 5.69 Å². The first-order valence-corrected chi connectivity index (χ1v) is 8.37. The van der Waals surface area contributed by atoms with Gasteiger partial charge in [-0.15, -0.1) is 0 Å². The highest BCUT2D eigenvalue weighted by atomic mass is 16.3. The Hall–Kier alpha value is -1.40. The molecule has 1 aromatic rings. The molecule has 2 heterocycles. The summed E-state index contributed by atoms with van der Waals surface area (Å²) in [7, 11) is 0. The summed E-state index contributed by atoms with van der Waals surface area (Å²) in [5, 5.41) is 17.8. The van der Waals surface area contributed by atoms with Gasteiger partial charge in [0.1, 0.15) is 5.69 Å². The fraction of sp³-hybridized carbons (Fsp3) is 0.750. The number of rotatable bonds is 4. The Labute approximate surface area is 131 Å². The lowest BCUT2D eigenvalue weighted by molar-refractivity contribution is 0.0617. The SMILES string of the molecule is CCn1nc(C(=O)N[C@@H]2CC[C@@H](N3CCCC3)[C@@H]2O)cc1C. The molecule has 22 heavy (non-hydrogen) atoms. The number of amides is 1. The van der Waals surface area contributed by atoms with Gasteiger partial charge in [0.05, 0.1) is 12.1 Å². The molecule has 1 amide bonds. The summed E-state index contributed by atoms with van der Waals surface area (Å²) in [5.74, 6) is -0.179. The van der Waals surface area contributed by atoms with Crippen LogP contribution in [0.5, 0.6) is 0 Å². The minimum Gasteiger partial charge on any atom is -0.389 e. The molecule has 1 aliphatic heterocycles. The van der Waals surface area contributed by atoms with E-state index < -0.39 is 6.10 Å². The maximum atomic E-state index is 12.3. The molecule has 1 aliphatic carbocycles. The Kier molecular flexibility index (Phi) is 4.49. The predicted octanol–water partition coefficient (Wildman–Crippen LogP) is 0.929. The summed E-state index contributed by atoms with van der Waals surface area (Å²) >= 11 is 0. The second-order valence-electron chi connectivity index (χ2n) is 6.45. The summed E-state index contributed by atoms with van der Waals surface area (Å²) in [6.07, 6.45) is 3.74. The number of likely N-dealkylation sites (tertiary alicyclic amines) is 1. The van der Waals surface area contributed by atoms with Gasteiger partial charge in [0.2, 0.25) is 0 Å². The first kappa shape index (κ1) is 15.5. The van der Waals surface area contributed by atoms with E-state index in [1.165, 1.54) is 12.8 Å². The van der Waals surface area contributed by atoms with Gasteiger partial charge in [-0.05, 0) is 58.7 Å². The highest BCUT2D eigenvalue weighted by molar-refractivity contribution is 5.92. The number of aliphatic hydroxyl groups is 1. The van der Waals surface area contributed by atoms with E-state index >= 15 is 0 Å². The summed E-state index contributed by atoms with van der Waals surface area (Å²) < 4.78 is 1.81. The van der Waals surface area contributed by atoms with E-state index in [1.54, 1.807) is 6.07 Å². The smallest absolute Gasteiger partial charge is 0.272 e. The summed E-state index contributed by atoms with van der Waals surface area (Å²) in [6, 6.07) is 1.84. The lowest BCUT2D eigenvalue weighted by Crippen LogP contribution is -2.47. The quantitative estimate of drug-likeness (QED) is 0.868. The molecule has 3 atom stereocenters. The molecule has 1 saturated carbocycles. The number of carbonyl (C=O) groups is 1. The monoisotopic (exact) mass is 306 g/mol. The van der Waals surface area contributed by atoms with Crippen LogP contribution in [-0.4, -0.2) is 57.0 Å². The molecule has 0 radical (unpaired) electrons. The molecule has 2 N–H and O–H groups in total. The third-order valence-electron chi connectivity index (χ3n) is 5.02. The van der Waals surface area contributed by atoms with Gasteiger partial charge >= 0.3 is 0 Å². The van der Waals surface area contributed by atoms with Crippen molar-refractivity contribution in [1.82, 2.24) is 20.0 Å². The van der Waals surface area contributed by atoms with Gasteiger partial charge in [0, 0.05) is 18.3 Å². The molecular weight excluding hydrogens is 280 g/mol. The van der Waals surface area contributed by atoms with Crippen LogP contribution in [0.25, 0.3) is 0 Å². The molecule has 6 heteroatoms. The van der Waals surface area contributed by atoms with Crippen molar-refractivity contribution in [2.75, 3.05) is 13.1 Å². The van der Waals surface area contributed by atoms with E-state index in [9.17, 15) is 9.90 Å². The van der Waals surface area contributed by atoms with Crippen molar-refractivity contribution < 1.29 is 9.90 Å². The molecule has 3 rings (SSSR count). The highest BCUT2D eigenvalue weighted by Gasteiger charge is 2.39. The van der Waals surface area contributed by atoms with Gasteiger partial charge in [-0.1, -0.05) is 0 Å². The van der Waals surface area contributed by atoms with Crippen LogP contribution < -0.4 is 5.32 Å². The summed E-state index contributed by atoms with van der Waals surface area (Å²) in [5.41, 5.74) is 1.42. The van der Waals surface area contributed by atoms with Crippen molar-refractivity contribution in [2.45, 2.75) is 64.3 Å². The number of aryl methyl sites for hydroxylation is 2. The zero-order chi connectivity index (χ0) is 15.7. The number of hydrogen-bond acceptors (Lipinski definition) is 4. The minimum atomic E-state index is -0.476. The number of carbonyl (C=O) groups excluding carboxylic acids is 1. The van der Waals surface area contributed by atoms with Crippen LogP contribution in [0.1, 0.15) is 48.8 Å². The Balaban J connectivity index is 1.61. The largest absolute Gasteiger partial charge is 0.389 e. The van der Waals surface area contributed by atoms with E-state index in [1.807, 2.05) is 18.5 Å². The number of nitrogens with one attached hydrogen (secondary N) is 1. The first-order chi connectivity index (χ1) is 10.6. The van der Waals surface area contributed by atoms with Crippen LogP contribution in [0, 0.1) is 6.92 Å². The molecule has 0 unspecified atom stereocenters. The van der Waals surface area contributed by atoms with Crippen LogP contribution in [0.15, 0.2) is 6.07 Å². The van der Waals surface area contributed by atoms with Gasteiger partial charge in [-0.2, -0.15) is 5.10 Å². The number of nitrogens with zero attached hydrogens (tertiary/aromatic N) is 3. The third-order valence-corrected chi connectivity index (χ3v) is 5.02. The van der Waals surface area contributed by atoms with Crippen molar-refractivity contribution in [1.29, 1.82) is 0 Å². The molecule has 0 aromatic carbocycles. The van der Waals surface area contributed by atoms with Crippen molar-refractivity contribution in [3.8, 4) is 0 Å². The van der Waals surface area contributed by atoms with E-state index in [-0.39, 0.29) is 18.0 Å². The van der Waals surface area contributed by atoms with Crippen molar-refractivity contribution in [3.63, 3.8) is 0 Å². The molecule has 1 saturated heterocycles. The van der Waals surface area contributed by atoms with Gasteiger partial charge in [-0.3, -0.25) is 14.4 Å². The van der Waals surface area contributed by atoms with Crippen LogP contribution in [0.2, 0.25) is 0 Å². The molecule has 0 spiro atoms. The standard InChI is InChI=1S/C16H26N4O2/c1-3-20-11(2)10-13(18-20)16(22)17-12-6-7-14(15(12)21)19-8-4-5-9-19/h10,12,14-15,21H,3-9H2,1-2H3,(H,17,22)/t12-,14-,15-/m1/s1. The second-order valence-corrected chi connectivity index (χ2v) is 6.45. The number of aliphatic hydroxyl groups excluding tert-OH is 1. The van der Waals surface area contributed by atoms with Crippen molar-refractivity contribution >= 4 is 5.91 Å². The van der Waals surface area contributed by atoms with Crippen molar-refractivity contribution in [3.05, 3.63) is 17.5 Å². The number of aromatic nitrogens is 2. The Bertz CT molecular complexity index is 536. The zero-order valence-electron chi connectivity index (χ0n) is 13.5. The molecule has 6 nitrogen and oxygen atoms in total. The first-order valence-electron chi connectivity index (χ1n) is 8.37. The van der Waals surface area contributed by atoms with Crippen LogP contribution >= 0.6 is 0 Å². The van der Waals surface area contributed by atoms with Gasteiger partial charge in [-0.25, -0.2) is 0 Å². The van der Waals surface area contributed by atoms with Gasteiger partial charge in [0.15, 0.2) is 0 Å². The van der Waals surface area contributed by atoms with E-state index in [4.69, 9.17) is 0 Å². The predicted molar refractivity (Wildman–Crippen MR) is 83.7 cm³/mol. The number of hydrogen-bond donors (Lipinski definition) is 2. The van der Waals surface area contributed by atoms with Gasteiger partial charge in [0.25, 0.3) is 5.91 Å². The van der Waals surface area contributed by atoms with Crippen molar-refractivity contribution in [2.24, 2.45) is 0 Å². The molecule has 1 aromatic heterocycles. The summed E-state index contributed by atoms with van der Waals surface area (Å²) in [6.45, 7) is 6.84.